The molecule has 0 bridgehead atoms. The molecular formula is C24H18N4O3. The zero-order chi connectivity index (χ0) is 21.4. The maximum absolute atomic E-state index is 12.7. The minimum absolute atomic E-state index is 0.242. The van der Waals surface area contributed by atoms with Crippen LogP contribution >= 0.6 is 0 Å². The molecule has 0 fully saturated rings. The highest BCUT2D eigenvalue weighted by Gasteiger charge is 2.27. The van der Waals surface area contributed by atoms with E-state index in [4.69, 9.17) is 4.74 Å². The summed E-state index contributed by atoms with van der Waals surface area (Å²) >= 11 is 0. The monoisotopic (exact) mass is 410 g/mol. The zero-order valence-electron chi connectivity index (χ0n) is 16.6. The van der Waals surface area contributed by atoms with Crippen molar-refractivity contribution in [1.82, 2.24) is 4.98 Å². The Bertz CT molecular complexity index is 1330. The fourth-order valence-electron chi connectivity index (χ4n) is 3.70. The van der Waals surface area contributed by atoms with Crippen LogP contribution in [-0.4, -0.2) is 23.9 Å². The van der Waals surface area contributed by atoms with E-state index in [1.54, 1.807) is 25.3 Å². The summed E-state index contributed by atoms with van der Waals surface area (Å²) in [5.74, 6) is -0.165. The van der Waals surface area contributed by atoms with E-state index in [0.717, 1.165) is 27.8 Å². The Morgan fingerprint density at radius 3 is 2.71 bits per heavy atom. The number of amides is 2. The first kappa shape index (κ1) is 18.7. The summed E-state index contributed by atoms with van der Waals surface area (Å²) in [7, 11) is 1.61. The summed E-state index contributed by atoms with van der Waals surface area (Å²) in [5, 5.41) is 11.7. The summed E-state index contributed by atoms with van der Waals surface area (Å²) < 4.78 is 5.23. The Labute approximate surface area is 177 Å². The highest BCUT2D eigenvalue weighted by molar-refractivity contribution is 6.06. The molecule has 0 spiro atoms. The van der Waals surface area contributed by atoms with Crippen LogP contribution in [0.5, 0.6) is 5.75 Å². The second kappa shape index (κ2) is 7.53. The quantitative estimate of drug-likeness (QED) is 0.642. The number of benzene rings is 2. The van der Waals surface area contributed by atoms with E-state index < -0.39 is 5.92 Å². The van der Waals surface area contributed by atoms with E-state index in [1.807, 2.05) is 54.6 Å². The molecule has 2 aromatic carbocycles. The second-order valence-electron chi connectivity index (χ2n) is 7.23. The topological polar surface area (TPSA) is 95.9 Å². The molecule has 1 unspecified atom stereocenters. The fraction of sp³-hybridized carbons (Fsp3) is 0.0833. The van der Waals surface area contributed by atoms with Crippen molar-refractivity contribution in [3.8, 4) is 5.75 Å². The Morgan fingerprint density at radius 1 is 1.06 bits per heavy atom. The maximum Gasteiger partial charge on any atom is 0.276 e. The smallest absolute Gasteiger partial charge is 0.276 e. The first-order chi connectivity index (χ1) is 15.1. The molecule has 2 amide bonds. The van der Waals surface area contributed by atoms with Crippen molar-refractivity contribution < 1.29 is 14.3 Å². The van der Waals surface area contributed by atoms with Gasteiger partial charge in [-0.25, -0.2) is 0 Å². The minimum Gasteiger partial charge on any atom is -0.497 e. The summed E-state index contributed by atoms with van der Waals surface area (Å²) in [6.07, 6.45) is 7.42. The van der Waals surface area contributed by atoms with Gasteiger partial charge < -0.3 is 15.0 Å². The van der Waals surface area contributed by atoms with Gasteiger partial charge in [0.05, 0.1) is 18.7 Å². The SMILES string of the molecule is COc1ccc2[nH]c(C(=O)Nc3ccc(C4=C5C=CC=CC5C(=O)N=N4)cc3)cc2c1. The molecule has 0 saturated heterocycles. The van der Waals surface area contributed by atoms with E-state index in [-0.39, 0.29) is 11.8 Å². The molecule has 2 N–H and O–H groups in total. The molecule has 1 atom stereocenters. The van der Waals surface area contributed by atoms with Gasteiger partial charge >= 0.3 is 0 Å². The van der Waals surface area contributed by atoms with Crippen LogP contribution < -0.4 is 10.1 Å². The lowest BCUT2D eigenvalue weighted by atomic mass is 9.89. The highest BCUT2D eigenvalue weighted by Crippen LogP contribution is 2.34. The summed E-state index contributed by atoms with van der Waals surface area (Å²) in [5.41, 5.74) is 4.28. The molecule has 1 aliphatic carbocycles. The number of nitrogens with one attached hydrogen (secondary N) is 2. The number of H-pyrrole nitrogens is 1. The number of anilines is 1. The molecule has 7 nitrogen and oxygen atoms in total. The predicted molar refractivity (Wildman–Crippen MR) is 118 cm³/mol. The van der Waals surface area contributed by atoms with Gasteiger partial charge in [0.2, 0.25) is 0 Å². The molecule has 1 aliphatic heterocycles. The van der Waals surface area contributed by atoms with E-state index in [9.17, 15) is 9.59 Å². The lowest BCUT2D eigenvalue weighted by Crippen LogP contribution is -2.17. The average Bonchev–Trinajstić information content (AvgIpc) is 3.24. The normalized spacial score (nSPS) is 17.2. The number of hydrogen-bond acceptors (Lipinski definition) is 4. The number of carbonyl (C=O) groups is 2. The summed E-state index contributed by atoms with van der Waals surface area (Å²) in [6, 6.07) is 14.7. The molecule has 0 saturated carbocycles. The molecule has 1 aromatic heterocycles. The van der Waals surface area contributed by atoms with Crippen LogP contribution in [0, 0.1) is 5.92 Å². The van der Waals surface area contributed by atoms with Crippen molar-refractivity contribution in [2.45, 2.75) is 0 Å². The van der Waals surface area contributed by atoms with Gasteiger partial charge in [-0.2, -0.15) is 0 Å². The molecule has 152 valence electrons. The number of azo groups is 1. The first-order valence-electron chi connectivity index (χ1n) is 9.75. The maximum atomic E-state index is 12.7. The average molecular weight is 410 g/mol. The van der Waals surface area contributed by atoms with Crippen molar-refractivity contribution in [1.29, 1.82) is 0 Å². The van der Waals surface area contributed by atoms with Crippen LogP contribution in [0.1, 0.15) is 16.1 Å². The number of methoxy groups -OCH3 is 1. The van der Waals surface area contributed by atoms with Crippen LogP contribution in [0.3, 0.4) is 0 Å². The van der Waals surface area contributed by atoms with Gasteiger partial charge in [-0.3, -0.25) is 9.59 Å². The number of ether oxygens (including phenoxy) is 1. The molecule has 31 heavy (non-hydrogen) atoms. The molecule has 3 aromatic rings. The van der Waals surface area contributed by atoms with Gasteiger partial charge in [0.1, 0.15) is 11.4 Å². The Hall–Kier alpha value is -4.26. The molecule has 7 heteroatoms. The third kappa shape index (κ3) is 3.46. The van der Waals surface area contributed by atoms with Gasteiger partial charge in [-0.15, -0.1) is 10.2 Å². The largest absolute Gasteiger partial charge is 0.497 e. The standard InChI is InChI=1S/C24H18N4O3/c1-31-17-10-11-20-15(12-17)13-21(26-20)24(30)25-16-8-6-14(7-9-16)22-18-4-2-3-5-19(18)23(29)28-27-22/h2-13,19,26H,1H3,(H,25,30). The Balaban J connectivity index is 1.37. The van der Waals surface area contributed by atoms with Gasteiger partial charge in [0, 0.05) is 22.2 Å². The molecule has 5 rings (SSSR count). The van der Waals surface area contributed by atoms with E-state index in [1.165, 1.54) is 0 Å². The number of rotatable bonds is 4. The second-order valence-corrected chi connectivity index (χ2v) is 7.23. The van der Waals surface area contributed by atoms with Gasteiger partial charge in [-0.1, -0.05) is 36.4 Å². The fourth-order valence-corrected chi connectivity index (χ4v) is 3.70. The number of allylic oxidation sites excluding steroid dienone is 3. The third-order valence-electron chi connectivity index (χ3n) is 5.30. The Kier molecular flexibility index (Phi) is 4.55. The molecule has 0 radical (unpaired) electrons. The van der Waals surface area contributed by atoms with Crippen molar-refractivity contribution in [2.75, 3.05) is 12.4 Å². The van der Waals surface area contributed by atoms with Crippen LogP contribution in [0.2, 0.25) is 0 Å². The van der Waals surface area contributed by atoms with E-state index >= 15 is 0 Å². The number of nitrogens with zero attached hydrogens (tertiary/aromatic N) is 2. The van der Waals surface area contributed by atoms with Crippen molar-refractivity contribution in [3.63, 3.8) is 0 Å². The van der Waals surface area contributed by atoms with E-state index in [2.05, 4.69) is 20.5 Å². The highest BCUT2D eigenvalue weighted by atomic mass is 16.5. The molecule has 2 aliphatic rings. The molecule has 2 heterocycles. The van der Waals surface area contributed by atoms with Crippen molar-refractivity contribution >= 4 is 34.1 Å². The predicted octanol–water partition coefficient (Wildman–Crippen LogP) is 4.87. The number of aromatic amines is 1. The van der Waals surface area contributed by atoms with E-state index in [0.29, 0.717) is 17.1 Å². The van der Waals surface area contributed by atoms with Crippen molar-refractivity contribution in [3.05, 3.63) is 89.7 Å². The number of fused-ring (bicyclic) bond motifs is 2. The summed E-state index contributed by atoms with van der Waals surface area (Å²) in [6.45, 7) is 0. The summed E-state index contributed by atoms with van der Waals surface area (Å²) in [4.78, 5) is 27.8. The van der Waals surface area contributed by atoms with Gasteiger partial charge in [-0.05, 0) is 42.0 Å². The number of hydrogen-bond donors (Lipinski definition) is 2. The number of aromatic nitrogens is 1. The van der Waals surface area contributed by atoms with Crippen LogP contribution in [-0.2, 0) is 4.79 Å². The van der Waals surface area contributed by atoms with Gasteiger partial charge in [0.15, 0.2) is 0 Å². The van der Waals surface area contributed by atoms with Crippen molar-refractivity contribution in [2.24, 2.45) is 16.1 Å². The van der Waals surface area contributed by atoms with Crippen LogP contribution in [0.15, 0.2) is 88.6 Å². The Morgan fingerprint density at radius 2 is 1.90 bits per heavy atom. The number of carbonyl (C=O) groups excluding carboxylic acids is 2. The third-order valence-corrected chi connectivity index (χ3v) is 5.30. The lowest BCUT2D eigenvalue weighted by molar-refractivity contribution is -0.119. The minimum atomic E-state index is -0.391. The van der Waals surface area contributed by atoms with Crippen LogP contribution in [0.25, 0.3) is 16.6 Å². The molecular weight excluding hydrogens is 392 g/mol. The van der Waals surface area contributed by atoms with Gasteiger partial charge in [0.25, 0.3) is 11.8 Å². The lowest BCUT2D eigenvalue weighted by Gasteiger charge is -2.19. The zero-order valence-corrected chi connectivity index (χ0v) is 16.6. The first-order valence-corrected chi connectivity index (χ1v) is 9.75. The van der Waals surface area contributed by atoms with Crippen LogP contribution in [0.4, 0.5) is 5.69 Å².